The molecule has 0 aliphatic heterocycles. The average molecular weight is 362 g/mol. The normalized spacial score (nSPS) is 15.4. The second kappa shape index (κ2) is 7.80. The average Bonchev–Trinajstić information content (AvgIpc) is 2.30. The molecule has 0 heterocycles. The molecule has 0 aromatic carbocycles. The first-order valence-electron chi connectivity index (χ1n) is 8.64. The van der Waals surface area contributed by atoms with Gasteiger partial charge in [-0.1, -0.05) is 41.5 Å². The SMILES string of the molecule is CC(CCC(=O)NO[Si](C)(C)C(C)(C)C)O[Si](C)(C)C(C)(C)C. The molecule has 0 aromatic rings. The van der Waals surface area contributed by atoms with Crippen LogP contribution in [0.1, 0.15) is 61.3 Å². The highest BCUT2D eigenvalue weighted by atomic mass is 28.4. The summed E-state index contributed by atoms with van der Waals surface area (Å²) in [6.45, 7) is 23.9. The van der Waals surface area contributed by atoms with Crippen LogP contribution >= 0.6 is 0 Å². The highest BCUT2D eigenvalue weighted by molar-refractivity contribution is 6.74. The molecule has 0 saturated carbocycles. The van der Waals surface area contributed by atoms with E-state index in [0.717, 1.165) is 6.42 Å². The largest absolute Gasteiger partial charge is 0.414 e. The summed E-state index contributed by atoms with van der Waals surface area (Å²) < 4.78 is 12.0. The van der Waals surface area contributed by atoms with E-state index in [-0.39, 0.29) is 22.1 Å². The molecule has 0 radical (unpaired) electrons. The Morgan fingerprint density at radius 2 is 1.39 bits per heavy atom. The Labute approximate surface area is 145 Å². The maximum atomic E-state index is 12.0. The fourth-order valence-electron chi connectivity index (χ4n) is 1.46. The lowest BCUT2D eigenvalue weighted by Crippen LogP contribution is -2.46. The van der Waals surface area contributed by atoms with E-state index in [2.05, 4.69) is 80.1 Å². The van der Waals surface area contributed by atoms with Gasteiger partial charge in [0.15, 0.2) is 8.32 Å². The zero-order chi connectivity index (χ0) is 18.7. The molecule has 138 valence electrons. The van der Waals surface area contributed by atoms with Gasteiger partial charge in [0.2, 0.25) is 14.2 Å². The Hall–Kier alpha value is -0.176. The molecule has 6 heteroatoms. The second-order valence-electron chi connectivity index (χ2n) is 9.62. The summed E-state index contributed by atoms with van der Waals surface area (Å²) >= 11 is 0. The number of amides is 1. The maximum Gasteiger partial charge on any atom is 0.242 e. The van der Waals surface area contributed by atoms with Gasteiger partial charge in [-0.15, -0.1) is 0 Å². The van der Waals surface area contributed by atoms with Crippen LogP contribution in [0.5, 0.6) is 0 Å². The van der Waals surface area contributed by atoms with Crippen LogP contribution < -0.4 is 5.48 Å². The maximum absolute atomic E-state index is 12.0. The Balaban J connectivity index is 4.31. The van der Waals surface area contributed by atoms with Crippen molar-refractivity contribution in [1.29, 1.82) is 0 Å². The summed E-state index contributed by atoms with van der Waals surface area (Å²) in [5.74, 6) is -0.0551. The Morgan fingerprint density at radius 1 is 0.957 bits per heavy atom. The van der Waals surface area contributed by atoms with E-state index in [0.29, 0.717) is 6.42 Å². The van der Waals surface area contributed by atoms with Gasteiger partial charge >= 0.3 is 0 Å². The number of rotatable bonds is 7. The first-order valence-corrected chi connectivity index (χ1v) is 14.5. The minimum atomic E-state index is -1.94. The van der Waals surface area contributed by atoms with Crippen LogP contribution in [0.4, 0.5) is 0 Å². The summed E-state index contributed by atoms with van der Waals surface area (Å²) in [5.41, 5.74) is 2.66. The second-order valence-corrected chi connectivity index (χ2v) is 19.1. The highest BCUT2D eigenvalue weighted by Gasteiger charge is 2.39. The van der Waals surface area contributed by atoms with Gasteiger partial charge in [-0.25, -0.2) is 5.48 Å². The zero-order valence-corrected chi connectivity index (χ0v) is 19.2. The van der Waals surface area contributed by atoms with E-state index in [1.165, 1.54) is 0 Å². The summed E-state index contributed by atoms with van der Waals surface area (Å²) in [6, 6.07) is 0. The molecule has 1 unspecified atom stereocenters. The van der Waals surface area contributed by atoms with Crippen LogP contribution in [0.15, 0.2) is 0 Å². The van der Waals surface area contributed by atoms with E-state index in [1.54, 1.807) is 0 Å². The van der Waals surface area contributed by atoms with Crippen molar-refractivity contribution in [3.8, 4) is 0 Å². The van der Waals surface area contributed by atoms with Crippen LogP contribution in [0.2, 0.25) is 36.3 Å². The van der Waals surface area contributed by atoms with Crippen molar-refractivity contribution in [2.75, 3.05) is 0 Å². The highest BCUT2D eigenvalue weighted by Crippen LogP contribution is 2.38. The van der Waals surface area contributed by atoms with Crippen molar-refractivity contribution in [1.82, 2.24) is 5.48 Å². The number of nitrogens with one attached hydrogen (secondary N) is 1. The molecule has 0 aliphatic rings. The summed E-state index contributed by atoms with van der Waals surface area (Å²) in [7, 11) is -3.71. The molecule has 0 spiro atoms. The molecular formula is C17H39NO3Si2. The number of hydrogen-bond donors (Lipinski definition) is 1. The Bertz CT molecular complexity index is 396. The molecule has 0 saturated heterocycles. The van der Waals surface area contributed by atoms with Crippen LogP contribution in [0, 0.1) is 0 Å². The number of hydroxylamine groups is 1. The first-order chi connectivity index (χ1) is 9.99. The van der Waals surface area contributed by atoms with E-state index in [9.17, 15) is 4.79 Å². The molecular weight excluding hydrogens is 322 g/mol. The van der Waals surface area contributed by atoms with Crippen LogP contribution in [0.25, 0.3) is 0 Å². The van der Waals surface area contributed by atoms with Gasteiger partial charge < -0.3 is 8.95 Å². The van der Waals surface area contributed by atoms with Gasteiger partial charge in [-0.2, -0.15) is 0 Å². The molecule has 0 aromatic heterocycles. The molecule has 23 heavy (non-hydrogen) atoms. The molecule has 1 atom stereocenters. The van der Waals surface area contributed by atoms with Crippen molar-refractivity contribution in [2.45, 2.75) is 104 Å². The molecule has 4 nitrogen and oxygen atoms in total. The topological polar surface area (TPSA) is 47.6 Å². The number of hydrogen-bond acceptors (Lipinski definition) is 3. The lowest BCUT2D eigenvalue weighted by atomic mass is 10.2. The lowest BCUT2D eigenvalue weighted by Gasteiger charge is -2.38. The minimum absolute atomic E-state index is 0.0551. The van der Waals surface area contributed by atoms with Gasteiger partial charge in [-0.05, 0) is 49.6 Å². The van der Waals surface area contributed by atoms with Crippen molar-refractivity contribution in [2.24, 2.45) is 0 Å². The van der Waals surface area contributed by atoms with E-state index < -0.39 is 16.6 Å². The van der Waals surface area contributed by atoms with E-state index in [1.807, 2.05) is 0 Å². The third kappa shape index (κ3) is 7.50. The van der Waals surface area contributed by atoms with E-state index in [4.69, 9.17) is 8.95 Å². The van der Waals surface area contributed by atoms with Crippen LogP contribution in [-0.4, -0.2) is 28.6 Å². The molecule has 1 amide bonds. The van der Waals surface area contributed by atoms with Gasteiger partial charge in [0.05, 0.1) is 0 Å². The third-order valence-corrected chi connectivity index (χ3v) is 14.1. The predicted molar refractivity (Wildman–Crippen MR) is 103 cm³/mol. The monoisotopic (exact) mass is 361 g/mol. The Kier molecular flexibility index (Phi) is 7.74. The summed E-state index contributed by atoms with van der Waals surface area (Å²) in [5, 5.41) is 0.272. The molecule has 0 aliphatic carbocycles. The first kappa shape index (κ1) is 22.8. The smallest absolute Gasteiger partial charge is 0.242 e. The standard InChI is InChI=1S/C17H39NO3Si2/c1-14(20-22(8,9)16(2,3)4)12-13-15(19)18-21-23(10,11)17(5,6)7/h14H,12-13H2,1-11H3,(H,18,19). The van der Waals surface area contributed by atoms with Gasteiger partial charge in [0.25, 0.3) is 0 Å². The van der Waals surface area contributed by atoms with E-state index >= 15 is 0 Å². The van der Waals surface area contributed by atoms with Crippen molar-refractivity contribution in [3.63, 3.8) is 0 Å². The van der Waals surface area contributed by atoms with Crippen molar-refractivity contribution in [3.05, 3.63) is 0 Å². The molecule has 1 N–H and O–H groups in total. The fourth-order valence-corrected chi connectivity index (χ4v) is 3.61. The number of carbonyl (C=O) groups excluding carboxylic acids is 1. The molecule has 0 rings (SSSR count). The van der Waals surface area contributed by atoms with Crippen LogP contribution in [0.3, 0.4) is 0 Å². The Morgan fingerprint density at radius 3 is 1.78 bits per heavy atom. The zero-order valence-electron chi connectivity index (χ0n) is 17.2. The third-order valence-electron chi connectivity index (χ3n) is 5.31. The summed E-state index contributed by atoms with van der Waals surface area (Å²) in [6.07, 6.45) is 1.25. The van der Waals surface area contributed by atoms with Gasteiger partial charge in [0.1, 0.15) is 0 Å². The minimum Gasteiger partial charge on any atom is -0.414 e. The lowest BCUT2D eigenvalue weighted by molar-refractivity contribution is -0.128. The van der Waals surface area contributed by atoms with Gasteiger partial charge in [-0.3, -0.25) is 4.79 Å². The van der Waals surface area contributed by atoms with Gasteiger partial charge in [0, 0.05) is 12.5 Å². The predicted octanol–water partition coefficient (Wildman–Crippen LogP) is 5.23. The van der Waals surface area contributed by atoms with Crippen LogP contribution in [-0.2, 0) is 13.7 Å². The van der Waals surface area contributed by atoms with Crippen molar-refractivity contribution < 1.29 is 13.7 Å². The molecule has 0 bridgehead atoms. The number of carbonyl (C=O) groups is 1. The fraction of sp³-hybridized carbons (Fsp3) is 0.941. The summed E-state index contributed by atoms with van der Waals surface area (Å²) in [4.78, 5) is 12.0. The van der Waals surface area contributed by atoms with Crippen molar-refractivity contribution >= 4 is 22.5 Å². The quantitative estimate of drug-likeness (QED) is 0.499. The molecule has 0 fully saturated rings.